The van der Waals surface area contributed by atoms with Crippen LogP contribution < -0.4 is 10.5 Å². The lowest BCUT2D eigenvalue weighted by atomic mass is 9.83. The normalized spacial score (nSPS) is 18.9. The van der Waals surface area contributed by atoms with Crippen LogP contribution in [0.2, 0.25) is 5.02 Å². The van der Waals surface area contributed by atoms with E-state index in [0.29, 0.717) is 22.7 Å². The van der Waals surface area contributed by atoms with E-state index in [9.17, 15) is 4.39 Å². The van der Waals surface area contributed by atoms with Crippen LogP contribution in [0.4, 0.5) is 4.39 Å². The van der Waals surface area contributed by atoms with Gasteiger partial charge in [0.25, 0.3) is 0 Å². The minimum atomic E-state index is -0.279. The quantitative estimate of drug-likeness (QED) is 0.560. The van der Waals surface area contributed by atoms with Crippen molar-refractivity contribution >= 4 is 11.6 Å². The van der Waals surface area contributed by atoms with Gasteiger partial charge in [0.1, 0.15) is 18.2 Å². The summed E-state index contributed by atoms with van der Waals surface area (Å²) in [6.45, 7) is 0.266. The van der Waals surface area contributed by atoms with E-state index in [1.165, 1.54) is 12.1 Å². The molecule has 4 nitrogen and oxygen atoms in total. The largest absolute Gasteiger partial charge is 0.487 e. The van der Waals surface area contributed by atoms with Crippen LogP contribution in [0.15, 0.2) is 55.0 Å². The number of nitrogens with zero attached hydrogens (tertiary/aromatic N) is 2. The fourth-order valence-electron chi connectivity index (χ4n) is 3.94. The number of hydrogen-bond donors (Lipinski definition) is 1. The number of hydrogen-bond acceptors (Lipinski definition) is 4. The number of rotatable bonds is 6. The zero-order valence-corrected chi connectivity index (χ0v) is 17.5. The molecular weight excluding hydrogens is 401 g/mol. The van der Waals surface area contributed by atoms with E-state index in [4.69, 9.17) is 22.1 Å². The SMILES string of the molecule is NC1CCC(Cc2cc(-c3cncc(OCc4cccc(F)c4)c3)c(Cl)cn2)CC1. The Morgan fingerprint density at radius 3 is 2.70 bits per heavy atom. The summed E-state index contributed by atoms with van der Waals surface area (Å²) in [4.78, 5) is 8.83. The average molecular weight is 426 g/mol. The highest BCUT2D eigenvalue weighted by molar-refractivity contribution is 6.33. The molecule has 1 saturated carbocycles. The van der Waals surface area contributed by atoms with Gasteiger partial charge in [-0.25, -0.2) is 4.39 Å². The van der Waals surface area contributed by atoms with Crippen molar-refractivity contribution < 1.29 is 9.13 Å². The molecule has 1 fully saturated rings. The number of benzene rings is 1. The van der Waals surface area contributed by atoms with Gasteiger partial charge in [0.2, 0.25) is 0 Å². The molecule has 4 rings (SSSR count). The summed E-state index contributed by atoms with van der Waals surface area (Å²) in [5.74, 6) is 0.942. The van der Waals surface area contributed by atoms with Crippen LogP contribution in [-0.2, 0) is 13.0 Å². The number of halogens is 2. The van der Waals surface area contributed by atoms with Crippen LogP contribution in [-0.4, -0.2) is 16.0 Å². The molecule has 156 valence electrons. The lowest BCUT2D eigenvalue weighted by molar-refractivity contribution is 0.304. The third kappa shape index (κ3) is 5.35. The summed E-state index contributed by atoms with van der Waals surface area (Å²) in [7, 11) is 0. The van der Waals surface area contributed by atoms with E-state index < -0.39 is 0 Å². The maximum Gasteiger partial charge on any atom is 0.138 e. The Kier molecular flexibility index (Phi) is 6.60. The molecular formula is C24H25ClFN3O. The number of pyridine rings is 2. The molecule has 0 saturated heterocycles. The highest BCUT2D eigenvalue weighted by Crippen LogP contribution is 2.32. The molecule has 0 spiro atoms. The monoisotopic (exact) mass is 425 g/mol. The van der Waals surface area contributed by atoms with Gasteiger partial charge in [-0.05, 0) is 67.9 Å². The van der Waals surface area contributed by atoms with Gasteiger partial charge >= 0.3 is 0 Å². The summed E-state index contributed by atoms with van der Waals surface area (Å²) in [6.07, 6.45) is 10.5. The molecule has 0 aliphatic heterocycles. The highest BCUT2D eigenvalue weighted by atomic mass is 35.5. The minimum Gasteiger partial charge on any atom is -0.487 e. The predicted octanol–water partition coefficient (Wildman–Crippen LogP) is 5.58. The molecule has 0 radical (unpaired) electrons. The van der Waals surface area contributed by atoms with Crippen LogP contribution in [0.5, 0.6) is 5.75 Å². The maximum absolute atomic E-state index is 13.4. The van der Waals surface area contributed by atoms with Gasteiger partial charge in [0, 0.05) is 35.3 Å². The van der Waals surface area contributed by atoms with Crippen molar-refractivity contribution in [1.29, 1.82) is 0 Å². The standard InChI is InChI=1S/C24H25ClFN3O/c25-24-14-29-21(9-16-4-6-20(27)7-5-16)11-23(24)18-10-22(13-28-12-18)30-15-17-2-1-3-19(26)8-17/h1-3,8,10-14,16,20H,4-7,9,15,27H2. The molecule has 0 unspecified atom stereocenters. The van der Waals surface area contributed by atoms with E-state index in [1.54, 1.807) is 24.7 Å². The molecule has 2 aromatic heterocycles. The summed E-state index contributed by atoms with van der Waals surface area (Å²) < 4.78 is 19.2. The van der Waals surface area contributed by atoms with Crippen molar-refractivity contribution in [1.82, 2.24) is 9.97 Å². The smallest absolute Gasteiger partial charge is 0.138 e. The van der Waals surface area contributed by atoms with Crippen LogP contribution >= 0.6 is 11.6 Å². The Labute approximate surface area is 181 Å². The zero-order valence-electron chi connectivity index (χ0n) is 16.7. The lowest BCUT2D eigenvalue weighted by Gasteiger charge is -2.25. The highest BCUT2D eigenvalue weighted by Gasteiger charge is 2.20. The Morgan fingerprint density at radius 1 is 1.07 bits per heavy atom. The lowest BCUT2D eigenvalue weighted by Crippen LogP contribution is -2.27. The topological polar surface area (TPSA) is 61.0 Å². The van der Waals surface area contributed by atoms with E-state index in [0.717, 1.165) is 54.5 Å². The molecule has 2 N–H and O–H groups in total. The molecule has 0 bridgehead atoms. The first-order chi connectivity index (χ1) is 14.6. The van der Waals surface area contributed by atoms with Gasteiger partial charge in [-0.15, -0.1) is 0 Å². The van der Waals surface area contributed by atoms with Gasteiger partial charge < -0.3 is 10.5 Å². The molecule has 1 aliphatic rings. The van der Waals surface area contributed by atoms with Crippen molar-refractivity contribution in [3.8, 4) is 16.9 Å². The van der Waals surface area contributed by atoms with Crippen LogP contribution in [0, 0.1) is 11.7 Å². The Bertz CT molecular complexity index is 1010. The second-order valence-electron chi connectivity index (χ2n) is 7.97. The molecule has 30 heavy (non-hydrogen) atoms. The van der Waals surface area contributed by atoms with Crippen molar-refractivity contribution in [2.75, 3.05) is 0 Å². The van der Waals surface area contributed by atoms with Gasteiger partial charge in [-0.2, -0.15) is 0 Å². The Morgan fingerprint density at radius 2 is 1.90 bits per heavy atom. The van der Waals surface area contributed by atoms with Gasteiger partial charge in [-0.3, -0.25) is 9.97 Å². The van der Waals surface area contributed by atoms with Crippen molar-refractivity contribution in [3.63, 3.8) is 0 Å². The molecule has 2 heterocycles. The Hall–Kier alpha value is -2.50. The van der Waals surface area contributed by atoms with E-state index in [-0.39, 0.29) is 12.4 Å². The number of ether oxygens (including phenoxy) is 1. The van der Waals surface area contributed by atoms with Gasteiger partial charge in [0.15, 0.2) is 0 Å². The van der Waals surface area contributed by atoms with Gasteiger partial charge in [0.05, 0.1) is 11.2 Å². The molecule has 1 aromatic carbocycles. The Balaban J connectivity index is 1.48. The van der Waals surface area contributed by atoms with Gasteiger partial charge in [-0.1, -0.05) is 23.7 Å². The van der Waals surface area contributed by atoms with Crippen molar-refractivity contribution in [2.45, 2.75) is 44.8 Å². The second-order valence-corrected chi connectivity index (χ2v) is 8.38. The first-order valence-electron chi connectivity index (χ1n) is 10.3. The molecule has 1 aliphatic carbocycles. The zero-order chi connectivity index (χ0) is 20.9. The molecule has 6 heteroatoms. The predicted molar refractivity (Wildman–Crippen MR) is 117 cm³/mol. The van der Waals surface area contributed by atoms with Crippen LogP contribution in [0.3, 0.4) is 0 Å². The van der Waals surface area contributed by atoms with Crippen LogP contribution in [0.25, 0.3) is 11.1 Å². The molecule has 0 amide bonds. The fourth-order valence-corrected chi connectivity index (χ4v) is 4.15. The van der Waals surface area contributed by atoms with E-state index >= 15 is 0 Å². The second kappa shape index (κ2) is 9.54. The molecule has 3 aromatic rings. The first kappa shape index (κ1) is 20.8. The fraction of sp³-hybridized carbons (Fsp3) is 0.333. The summed E-state index contributed by atoms with van der Waals surface area (Å²) in [6, 6.07) is 10.7. The van der Waals surface area contributed by atoms with Crippen molar-refractivity contribution in [2.24, 2.45) is 11.7 Å². The number of nitrogens with two attached hydrogens (primary N) is 1. The number of aromatic nitrogens is 2. The third-order valence-corrected chi connectivity index (χ3v) is 5.92. The maximum atomic E-state index is 13.4. The van der Waals surface area contributed by atoms with Crippen molar-refractivity contribution in [3.05, 3.63) is 77.1 Å². The third-order valence-electron chi connectivity index (χ3n) is 5.62. The molecule has 0 atom stereocenters. The van der Waals surface area contributed by atoms with E-state index in [1.807, 2.05) is 18.2 Å². The van der Waals surface area contributed by atoms with E-state index in [2.05, 4.69) is 9.97 Å². The minimum absolute atomic E-state index is 0.266. The summed E-state index contributed by atoms with van der Waals surface area (Å²) >= 11 is 6.45. The summed E-state index contributed by atoms with van der Waals surface area (Å²) in [5.41, 5.74) is 9.57. The first-order valence-corrected chi connectivity index (χ1v) is 10.7. The average Bonchev–Trinajstić information content (AvgIpc) is 2.75. The summed E-state index contributed by atoms with van der Waals surface area (Å²) in [5, 5.41) is 0.577. The van der Waals surface area contributed by atoms with Crippen LogP contribution in [0.1, 0.15) is 36.9 Å².